The van der Waals surface area contributed by atoms with Crippen molar-refractivity contribution >= 4 is 11.7 Å². The Kier molecular flexibility index (Phi) is 5.35. The van der Waals surface area contributed by atoms with Crippen LogP contribution in [0.3, 0.4) is 0 Å². The molecule has 0 aliphatic rings. The second-order valence-electron chi connectivity index (χ2n) is 3.71. The predicted octanol–water partition coefficient (Wildman–Crippen LogP) is 0.409. The van der Waals surface area contributed by atoms with Crippen molar-refractivity contribution in [1.82, 2.24) is 15.5 Å². The van der Waals surface area contributed by atoms with Crippen LogP contribution in [0.2, 0.25) is 0 Å². The largest absolute Gasteiger partial charge is 0.391 e. The standard InChI is InChI=1S/C11H18N4O2/c1-3-4-8(16)7-13-10-6-5-9(14-15-10)11(17)12-2/h5-6,8,16H,3-4,7H2,1-2H3,(H,12,17)(H,13,15). The Bertz CT molecular complexity index is 353. The minimum Gasteiger partial charge on any atom is -0.391 e. The average molecular weight is 238 g/mol. The number of carbonyl (C=O) groups excluding carboxylic acids is 1. The number of hydrogen-bond donors (Lipinski definition) is 3. The van der Waals surface area contributed by atoms with Crippen molar-refractivity contribution in [2.75, 3.05) is 18.9 Å². The molecule has 3 N–H and O–H groups in total. The molecular formula is C11H18N4O2. The Balaban J connectivity index is 2.48. The van der Waals surface area contributed by atoms with Gasteiger partial charge in [0, 0.05) is 13.6 Å². The van der Waals surface area contributed by atoms with Gasteiger partial charge < -0.3 is 15.7 Å². The zero-order valence-corrected chi connectivity index (χ0v) is 10.1. The van der Waals surface area contributed by atoms with E-state index < -0.39 is 0 Å². The van der Waals surface area contributed by atoms with Gasteiger partial charge in [0.2, 0.25) is 0 Å². The molecule has 0 bridgehead atoms. The van der Waals surface area contributed by atoms with Gasteiger partial charge in [-0.25, -0.2) is 0 Å². The summed E-state index contributed by atoms with van der Waals surface area (Å²) in [6.45, 7) is 2.45. The first-order chi connectivity index (χ1) is 8.17. The van der Waals surface area contributed by atoms with Crippen molar-refractivity contribution < 1.29 is 9.90 Å². The summed E-state index contributed by atoms with van der Waals surface area (Å²) in [5.41, 5.74) is 0.271. The summed E-state index contributed by atoms with van der Waals surface area (Å²) in [5.74, 6) is 0.280. The van der Waals surface area contributed by atoms with Crippen LogP contribution in [0, 0.1) is 0 Å². The second kappa shape index (κ2) is 6.80. The Labute approximate surface area is 100 Å². The fraction of sp³-hybridized carbons (Fsp3) is 0.545. The normalized spacial score (nSPS) is 11.9. The van der Waals surface area contributed by atoms with Gasteiger partial charge in [0.1, 0.15) is 5.82 Å². The molecule has 17 heavy (non-hydrogen) atoms. The highest BCUT2D eigenvalue weighted by Gasteiger charge is 2.06. The highest BCUT2D eigenvalue weighted by molar-refractivity contribution is 5.91. The van der Waals surface area contributed by atoms with Crippen LogP contribution >= 0.6 is 0 Å². The van der Waals surface area contributed by atoms with Crippen molar-refractivity contribution in [3.8, 4) is 0 Å². The number of amides is 1. The Morgan fingerprint density at radius 3 is 2.76 bits per heavy atom. The van der Waals surface area contributed by atoms with Crippen LogP contribution in [-0.2, 0) is 0 Å². The highest BCUT2D eigenvalue weighted by atomic mass is 16.3. The van der Waals surface area contributed by atoms with Gasteiger partial charge in [-0.3, -0.25) is 4.79 Å². The van der Waals surface area contributed by atoms with E-state index in [0.29, 0.717) is 12.4 Å². The summed E-state index contributed by atoms with van der Waals surface area (Å²) in [5, 5.41) is 22.6. The maximum absolute atomic E-state index is 11.2. The lowest BCUT2D eigenvalue weighted by atomic mass is 10.2. The van der Waals surface area contributed by atoms with Gasteiger partial charge in [0.15, 0.2) is 5.69 Å². The monoisotopic (exact) mass is 238 g/mol. The van der Waals surface area contributed by atoms with E-state index in [1.165, 1.54) is 7.05 Å². The van der Waals surface area contributed by atoms with Gasteiger partial charge in [-0.1, -0.05) is 13.3 Å². The molecule has 0 aliphatic carbocycles. The molecule has 6 nitrogen and oxygen atoms in total. The molecule has 1 aromatic rings. The molecule has 0 spiro atoms. The van der Waals surface area contributed by atoms with Crippen LogP contribution in [0.5, 0.6) is 0 Å². The summed E-state index contributed by atoms with van der Waals surface area (Å²) >= 11 is 0. The molecule has 1 heterocycles. The van der Waals surface area contributed by atoms with Crippen LogP contribution in [-0.4, -0.2) is 40.9 Å². The molecule has 0 aliphatic heterocycles. The minimum absolute atomic E-state index is 0.268. The van der Waals surface area contributed by atoms with Crippen molar-refractivity contribution in [2.24, 2.45) is 0 Å². The number of aromatic nitrogens is 2. The van der Waals surface area contributed by atoms with Crippen molar-refractivity contribution in [3.05, 3.63) is 17.8 Å². The molecule has 0 fully saturated rings. The molecule has 0 saturated heterocycles. The number of nitrogens with zero attached hydrogens (tertiary/aromatic N) is 2. The molecule has 0 radical (unpaired) electrons. The number of hydrogen-bond acceptors (Lipinski definition) is 5. The fourth-order valence-electron chi connectivity index (χ4n) is 1.33. The first-order valence-corrected chi connectivity index (χ1v) is 5.65. The van der Waals surface area contributed by atoms with Crippen LogP contribution in [0.25, 0.3) is 0 Å². The Hall–Kier alpha value is -1.69. The van der Waals surface area contributed by atoms with E-state index in [-0.39, 0.29) is 17.7 Å². The third-order valence-corrected chi connectivity index (χ3v) is 2.26. The van der Waals surface area contributed by atoms with Crippen molar-refractivity contribution in [1.29, 1.82) is 0 Å². The number of rotatable bonds is 6. The van der Waals surface area contributed by atoms with E-state index in [9.17, 15) is 9.90 Å². The molecule has 6 heteroatoms. The van der Waals surface area contributed by atoms with Crippen LogP contribution in [0.15, 0.2) is 12.1 Å². The smallest absolute Gasteiger partial charge is 0.271 e. The van der Waals surface area contributed by atoms with Crippen LogP contribution in [0.1, 0.15) is 30.3 Å². The fourth-order valence-corrected chi connectivity index (χ4v) is 1.33. The first kappa shape index (κ1) is 13.4. The lowest BCUT2D eigenvalue weighted by Gasteiger charge is -2.10. The molecule has 0 aromatic carbocycles. The van der Waals surface area contributed by atoms with Gasteiger partial charge in [-0.05, 0) is 18.6 Å². The Morgan fingerprint density at radius 1 is 1.47 bits per heavy atom. The topological polar surface area (TPSA) is 87.1 Å². The number of carbonyl (C=O) groups is 1. The van der Waals surface area contributed by atoms with Crippen molar-refractivity contribution in [3.63, 3.8) is 0 Å². The van der Waals surface area contributed by atoms with E-state index in [4.69, 9.17) is 0 Å². The maximum Gasteiger partial charge on any atom is 0.271 e. The van der Waals surface area contributed by atoms with Crippen LogP contribution in [0.4, 0.5) is 5.82 Å². The lowest BCUT2D eigenvalue weighted by Crippen LogP contribution is -2.21. The molecule has 1 unspecified atom stereocenters. The predicted molar refractivity (Wildman–Crippen MR) is 64.8 cm³/mol. The van der Waals surface area contributed by atoms with Gasteiger partial charge >= 0.3 is 0 Å². The zero-order chi connectivity index (χ0) is 12.7. The van der Waals surface area contributed by atoms with Gasteiger partial charge in [-0.15, -0.1) is 10.2 Å². The number of nitrogens with one attached hydrogen (secondary N) is 2. The highest BCUT2D eigenvalue weighted by Crippen LogP contribution is 2.03. The first-order valence-electron chi connectivity index (χ1n) is 5.65. The molecule has 1 aromatic heterocycles. The van der Waals surface area contributed by atoms with Gasteiger partial charge in [0.25, 0.3) is 5.91 Å². The molecule has 1 rings (SSSR count). The summed E-state index contributed by atoms with van der Waals surface area (Å²) in [6.07, 6.45) is 1.29. The molecule has 94 valence electrons. The Morgan fingerprint density at radius 2 is 2.24 bits per heavy atom. The van der Waals surface area contributed by atoms with Gasteiger partial charge in [-0.2, -0.15) is 0 Å². The molecular weight excluding hydrogens is 220 g/mol. The van der Waals surface area contributed by atoms with E-state index in [1.54, 1.807) is 12.1 Å². The van der Waals surface area contributed by atoms with Crippen LogP contribution < -0.4 is 10.6 Å². The summed E-state index contributed by atoms with van der Waals surface area (Å²) in [6, 6.07) is 3.25. The molecule has 0 saturated carbocycles. The van der Waals surface area contributed by atoms with Gasteiger partial charge in [0.05, 0.1) is 6.10 Å². The summed E-state index contributed by atoms with van der Waals surface area (Å²) in [7, 11) is 1.54. The third kappa shape index (κ3) is 4.36. The SMILES string of the molecule is CCCC(O)CNc1ccc(C(=O)NC)nn1. The summed E-state index contributed by atoms with van der Waals surface area (Å²) in [4.78, 5) is 11.2. The number of anilines is 1. The minimum atomic E-state index is -0.389. The maximum atomic E-state index is 11.2. The average Bonchev–Trinajstić information content (AvgIpc) is 2.36. The van der Waals surface area contributed by atoms with E-state index >= 15 is 0 Å². The zero-order valence-electron chi connectivity index (χ0n) is 10.1. The quantitative estimate of drug-likeness (QED) is 0.668. The van der Waals surface area contributed by atoms with E-state index in [1.807, 2.05) is 6.92 Å². The number of aliphatic hydroxyl groups is 1. The number of aliphatic hydroxyl groups excluding tert-OH is 1. The van der Waals surface area contributed by atoms with Crippen molar-refractivity contribution in [2.45, 2.75) is 25.9 Å². The van der Waals surface area contributed by atoms with E-state index in [2.05, 4.69) is 20.8 Å². The summed E-state index contributed by atoms with van der Waals surface area (Å²) < 4.78 is 0. The van der Waals surface area contributed by atoms with E-state index in [0.717, 1.165) is 12.8 Å². The molecule has 1 atom stereocenters. The molecule has 1 amide bonds. The second-order valence-corrected chi connectivity index (χ2v) is 3.71. The third-order valence-electron chi connectivity index (χ3n) is 2.26. The lowest BCUT2D eigenvalue weighted by molar-refractivity contribution is 0.0957.